The van der Waals surface area contributed by atoms with Crippen LogP contribution in [0.4, 0.5) is 0 Å². The Hall–Kier alpha value is -1.06. The summed E-state index contributed by atoms with van der Waals surface area (Å²) in [4.78, 5) is 2.46. The zero-order valence-corrected chi connectivity index (χ0v) is 12.0. The Morgan fingerprint density at radius 3 is 3.00 bits per heavy atom. The molecule has 1 N–H and O–H groups in total. The van der Waals surface area contributed by atoms with E-state index in [-0.39, 0.29) is 0 Å². The monoisotopic (exact) mass is 260 g/mol. The topological polar surface area (TPSA) is 24.5 Å². The number of ether oxygens (including phenoxy) is 1. The van der Waals surface area contributed by atoms with Crippen LogP contribution in [0.25, 0.3) is 0 Å². The maximum atomic E-state index is 5.95. The van der Waals surface area contributed by atoms with Crippen molar-refractivity contribution >= 4 is 0 Å². The summed E-state index contributed by atoms with van der Waals surface area (Å²) in [6.07, 6.45) is 4.12. The van der Waals surface area contributed by atoms with Crippen LogP contribution >= 0.6 is 0 Å². The smallest absolute Gasteiger partial charge is 0.123 e. The van der Waals surface area contributed by atoms with Gasteiger partial charge in [0.2, 0.25) is 0 Å². The van der Waals surface area contributed by atoms with Crippen LogP contribution in [0.3, 0.4) is 0 Å². The number of nitrogens with zero attached hydrogens (tertiary/aromatic N) is 1. The van der Waals surface area contributed by atoms with E-state index < -0.39 is 0 Å². The molecule has 1 aliphatic heterocycles. The summed E-state index contributed by atoms with van der Waals surface area (Å²) in [5.74, 6) is 1.08. The molecule has 1 aliphatic carbocycles. The first-order valence-electron chi connectivity index (χ1n) is 7.39. The maximum absolute atomic E-state index is 5.95. The molecule has 1 atom stereocenters. The van der Waals surface area contributed by atoms with Crippen molar-refractivity contribution < 1.29 is 4.74 Å². The average Bonchev–Trinajstić information content (AvgIpc) is 3.16. The molecule has 3 heteroatoms. The third-order valence-corrected chi connectivity index (χ3v) is 4.14. The number of hydrogen-bond acceptors (Lipinski definition) is 3. The molecule has 0 bridgehead atoms. The van der Waals surface area contributed by atoms with Crippen LogP contribution in [-0.2, 0) is 6.42 Å². The minimum atomic E-state index is 0.308. The van der Waals surface area contributed by atoms with Crippen molar-refractivity contribution in [3.05, 3.63) is 29.3 Å². The van der Waals surface area contributed by atoms with Gasteiger partial charge in [-0.05, 0) is 38.4 Å². The van der Waals surface area contributed by atoms with Gasteiger partial charge in [0.25, 0.3) is 0 Å². The molecule has 0 amide bonds. The predicted molar refractivity (Wildman–Crippen MR) is 77.8 cm³/mol. The number of benzene rings is 1. The molecule has 3 rings (SSSR count). The van der Waals surface area contributed by atoms with E-state index in [9.17, 15) is 0 Å². The van der Waals surface area contributed by atoms with E-state index >= 15 is 0 Å². The SMILES string of the molecule is Cc1ccc2c(c1)CC(CNCCN(C)C1CC1)O2. The summed E-state index contributed by atoms with van der Waals surface area (Å²) >= 11 is 0. The molecule has 3 nitrogen and oxygen atoms in total. The third kappa shape index (κ3) is 3.28. The zero-order valence-electron chi connectivity index (χ0n) is 12.0. The van der Waals surface area contributed by atoms with Gasteiger partial charge in [-0.15, -0.1) is 0 Å². The van der Waals surface area contributed by atoms with Crippen LogP contribution in [-0.4, -0.2) is 43.7 Å². The number of rotatable bonds is 6. The van der Waals surface area contributed by atoms with Gasteiger partial charge >= 0.3 is 0 Å². The van der Waals surface area contributed by atoms with Crippen molar-refractivity contribution in [2.75, 3.05) is 26.7 Å². The Balaban J connectivity index is 1.38. The lowest BCUT2D eigenvalue weighted by molar-refractivity contribution is 0.223. The molecule has 2 aliphatic rings. The van der Waals surface area contributed by atoms with Crippen LogP contribution < -0.4 is 10.1 Å². The van der Waals surface area contributed by atoms with E-state index in [0.717, 1.165) is 37.8 Å². The molecule has 1 unspecified atom stereocenters. The molecule has 1 aromatic carbocycles. The van der Waals surface area contributed by atoms with Crippen molar-refractivity contribution in [1.29, 1.82) is 0 Å². The molecule has 104 valence electrons. The summed E-state index contributed by atoms with van der Waals surface area (Å²) < 4.78 is 5.95. The molecule has 19 heavy (non-hydrogen) atoms. The highest BCUT2D eigenvalue weighted by Gasteiger charge is 2.26. The zero-order chi connectivity index (χ0) is 13.2. The summed E-state index contributed by atoms with van der Waals surface area (Å²) in [6.45, 7) is 5.29. The van der Waals surface area contributed by atoms with E-state index in [0.29, 0.717) is 6.10 Å². The first kappa shape index (κ1) is 12.9. The number of aryl methyl sites for hydroxylation is 1. The molecule has 0 spiro atoms. The van der Waals surface area contributed by atoms with Gasteiger partial charge in [0.1, 0.15) is 11.9 Å². The lowest BCUT2D eigenvalue weighted by Crippen LogP contribution is -2.36. The fourth-order valence-electron chi connectivity index (χ4n) is 2.78. The van der Waals surface area contributed by atoms with Gasteiger partial charge in [-0.25, -0.2) is 0 Å². The van der Waals surface area contributed by atoms with E-state index in [1.165, 1.54) is 24.0 Å². The van der Waals surface area contributed by atoms with Crippen molar-refractivity contribution in [2.24, 2.45) is 0 Å². The van der Waals surface area contributed by atoms with E-state index in [4.69, 9.17) is 4.74 Å². The normalized spacial score (nSPS) is 21.5. The van der Waals surface area contributed by atoms with Crippen molar-refractivity contribution in [1.82, 2.24) is 10.2 Å². The van der Waals surface area contributed by atoms with E-state index in [1.807, 2.05) is 0 Å². The Kier molecular flexibility index (Phi) is 3.76. The number of fused-ring (bicyclic) bond motifs is 1. The van der Waals surface area contributed by atoms with Crippen LogP contribution in [0.2, 0.25) is 0 Å². The molecule has 1 fully saturated rings. The van der Waals surface area contributed by atoms with E-state index in [2.05, 4.69) is 42.4 Å². The second-order valence-electron chi connectivity index (χ2n) is 5.97. The summed E-state index contributed by atoms with van der Waals surface area (Å²) in [7, 11) is 2.23. The molecule has 0 aromatic heterocycles. The van der Waals surface area contributed by atoms with Gasteiger partial charge in [0.05, 0.1) is 0 Å². The highest BCUT2D eigenvalue weighted by Crippen LogP contribution is 2.29. The average molecular weight is 260 g/mol. The highest BCUT2D eigenvalue weighted by atomic mass is 16.5. The van der Waals surface area contributed by atoms with Gasteiger partial charge in [0, 0.05) is 32.1 Å². The number of nitrogens with one attached hydrogen (secondary N) is 1. The summed E-state index contributed by atoms with van der Waals surface area (Å²) in [5, 5.41) is 3.52. The Labute approximate surface area is 115 Å². The maximum Gasteiger partial charge on any atom is 0.123 e. The minimum absolute atomic E-state index is 0.308. The lowest BCUT2D eigenvalue weighted by atomic mass is 10.1. The van der Waals surface area contributed by atoms with E-state index in [1.54, 1.807) is 0 Å². The molecule has 0 saturated heterocycles. The highest BCUT2D eigenvalue weighted by molar-refractivity contribution is 5.40. The Morgan fingerprint density at radius 1 is 1.37 bits per heavy atom. The number of hydrogen-bond donors (Lipinski definition) is 1. The molecule has 1 aromatic rings. The predicted octanol–water partition coefficient (Wildman–Crippen LogP) is 1.98. The van der Waals surface area contributed by atoms with Crippen LogP contribution in [0, 0.1) is 6.92 Å². The van der Waals surface area contributed by atoms with Gasteiger partial charge in [-0.3, -0.25) is 0 Å². The van der Waals surface area contributed by atoms with Gasteiger partial charge < -0.3 is 15.0 Å². The minimum Gasteiger partial charge on any atom is -0.488 e. The fourth-order valence-corrected chi connectivity index (χ4v) is 2.78. The number of likely N-dealkylation sites (N-methyl/N-ethyl adjacent to an activating group) is 1. The Bertz CT molecular complexity index is 442. The van der Waals surface area contributed by atoms with Crippen molar-refractivity contribution in [3.8, 4) is 5.75 Å². The largest absolute Gasteiger partial charge is 0.488 e. The summed E-state index contributed by atoms with van der Waals surface area (Å²) in [5.41, 5.74) is 2.68. The second kappa shape index (κ2) is 5.51. The first-order valence-corrected chi connectivity index (χ1v) is 7.39. The fraction of sp³-hybridized carbons (Fsp3) is 0.625. The van der Waals surface area contributed by atoms with Gasteiger partial charge in [0.15, 0.2) is 0 Å². The van der Waals surface area contributed by atoms with Crippen LogP contribution in [0.1, 0.15) is 24.0 Å². The molecular formula is C16H24N2O. The standard InChI is InChI=1S/C16H24N2O/c1-12-3-6-16-13(9-12)10-15(19-16)11-17-7-8-18(2)14-4-5-14/h3,6,9,14-15,17H,4-5,7-8,10-11H2,1-2H3. The second-order valence-corrected chi connectivity index (χ2v) is 5.97. The third-order valence-electron chi connectivity index (χ3n) is 4.14. The first-order chi connectivity index (χ1) is 9.22. The van der Waals surface area contributed by atoms with Gasteiger partial charge in [-0.1, -0.05) is 17.7 Å². The van der Waals surface area contributed by atoms with Crippen LogP contribution in [0.15, 0.2) is 18.2 Å². The molecule has 0 radical (unpaired) electrons. The molecule has 1 saturated carbocycles. The quantitative estimate of drug-likeness (QED) is 0.792. The van der Waals surface area contributed by atoms with Gasteiger partial charge in [-0.2, -0.15) is 0 Å². The van der Waals surface area contributed by atoms with Crippen LogP contribution in [0.5, 0.6) is 5.75 Å². The summed E-state index contributed by atoms with van der Waals surface area (Å²) in [6, 6.07) is 7.33. The lowest BCUT2D eigenvalue weighted by Gasteiger charge is -2.17. The molecular weight excluding hydrogens is 236 g/mol. The van der Waals surface area contributed by atoms with Crippen molar-refractivity contribution in [3.63, 3.8) is 0 Å². The Morgan fingerprint density at radius 2 is 2.21 bits per heavy atom. The van der Waals surface area contributed by atoms with Crippen molar-refractivity contribution in [2.45, 2.75) is 38.3 Å². The molecule has 1 heterocycles.